The van der Waals surface area contributed by atoms with Crippen LogP contribution in [0, 0.1) is 11.3 Å². The first-order chi connectivity index (χ1) is 6.78. The van der Waals surface area contributed by atoms with E-state index in [2.05, 4.69) is 27.8 Å². The Bertz CT molecular complexity index is 185. The van der Waals surface area contributed by atoms with E-state index < -0.39 is 0 Å². The first kappa shape index (κ1) is 10.9. The second-order valence-electron chi connectivity index (χ2n) is 5.31. The zero-order chi connectivity index (χ0) is 10.0. The molecule has 0 bridgehead atoms. The van der Waals surface area contributed by atoms with E-state index in [-0.39, 0.29) is 0 Å². The van der Waals surface area contributed by atoms with E-state index in [1.54, 1.807) is 0 Å². The van der Waals surface area contributed by atoms with Crippen LogP contribution in [0.5, 0.6) is 0 Å². The third-order valence-electron chi connectivity index (χ3n) is 3.55. The summed E-state index contributed by atoms with van der Waals surface area (Å²) in [5.74, 6) is 1.05. The van der Waals surface area contributed by atoms with Crippen molar-refractivity contribution in [2.24, 2.45) is 11.3 Å². The lowest BCUT2D eigenvalue weighted by Crippen LogP contribution is -2.33. The van der Waals surface area contributed by atoms with Gasteiger partial charge in [-0.25, -0.2) is 0 Å². The van der Waals surface area contributed by atoms with Crippen LogP contribution in [0.1, 0.15) is 39.0 Å². The second-order valence-corrected chi connectivity index (χ2v) is 5.87. The molecule has 2 saturated carbocycles. The van der Waals surface area contributed by atoms with Crippen molar-refractivity contribution in [3.8, 4) is 0 Å². The number of alkyl halides is 1. The molecule has 2 aliphatic carbocycles. The van der Waals surface area contributed by atoms with Crippen molar-refractivity contribution in [2.75, 3.05) is 25.0 Å². The molecule has 2 fully saturated rings. The van der Waals surface area contributed by atoms with Gasteiger partial charge in [0.1, 0.15) is 0 Å². The van der Waals surface area contributed by atoms with Gasteiger partial charge < -0.3 is 4.90 Å². The van der Waals surface area contributed by atoms with Crippen molar-refractivity contribution in [3.63, 3.8) is 0 Å². The molecule has 0 N–H and O–H groups in total. The molecule has 82 valence electrons. The number of hydrogen-bond donors (Lipinski definition) is 0. The smallest absolute Gasteiger partial charge is 0.0100 e. The van der Waals surface area contributed by atoms with Gasteiger partial charge in [0.25, 0.3) is 0 Å². The maximum Gasteiger partial charge on any atom is 0.0100 e. The number of hydrogen-bond acceptors (Lipinski definition) is 1. The van der Waals surface area contributed by atoms with Crippen molar-refractivity contribution in [1.82, 2.24) is 4.90 Å². The van der Waals surface area contributed by atoms with E-state index in [1.807, 2.05) is 0 Å². The van der Waals surface area contributed by atoms with Crippen molar-refractivity contribution in [3.05, 3.63) is 0 Å². The third kappa shape index (κ3) is 2.96. The van der Waals surface area contributed by atoms with Gasteiger partial charge in [-0.1, -0.05) is 22.9 Å². The lowest BCUT2D eigenvalue weighted by Gasteiger charge is -2.26. The Hall–Kier alpha value is 0.440. The highest BCUT2D eigenvalue weighted by atomic mass is 79.9. The fourth-order valence-electron chi connectivity index (χ4n) is 2.20. The Labute approximate surface area is 96.4 Å². The summed E-state index contributed by atoms with van der Waals surface area (Å²) in [6, 6.07) is 0. The van der Waals surface area contributed by atoms with Crippen LogP contribution in [-0.4, -0.2) is 29.9 Å². The first-order valence-electron chi connectivity index (χ1n) is 6.06. The van der Waals surface area contributed by atoms with Crippen LogP contribution in [0.4, 0.5) is 0 Å². The molecule has 0 aliphatic heterocycles. The summed E-state index contributed by atoms with van der Waals surface area (Å²) in [5, 5.41) is 1.21. The van der Waals surface area contributed by atoms with Gasteiger partial charge in [0.2, 0.25) is 0 Å². The monoisotopic (exact) mass is 259 g/mol. The van der Waals surface area contributed by atoms with E-state index in [1.165, 1.54) is 57.1 Å². The Morgan fingerprint density at radius 3 is 2.50 bits per heavy atom. The van der Waals surface area contributed by atoms with E-state index >= 15 is 0 Å². The molecule has 0 unspecified atom stereocenters. The SMILES string of the molecule is CCCN(CC1CC1)CC1(CBr)CC1. The zero-order valence-corrected chi connectivity index (χ0v) is 10.9. The Kier molecular flexibility index (Phi) is 3.54. The van der Waals surface area contributed by atoms with Crippen molar-refractivity contribution in [1.29, 1.82) is 0 Å². The largest absolute Gasteiger partial charge is 0.302 e. The standard InChI is InChI=1S/C12H22BrN/c1-2-7-14(8-11-3-4-11)10-12(9-13)5-6-12/h11H,2-10H2,1H3. The molecule has 0 saturated heterocycles. The zero-order valence-electron chi connectivity index (χ0n) is 9.27. The topological polar surface area (TPSA) is 3.24 Å². The fourth-order valence-corrected chi connectivity index (χ4v) is 2.94. The average Bonchev–Trinajstić information content (AvgIpc) is 3.02. The van der Waals surface area contributed by atoms with E-state index in [0.717, 1.165) is 5.92 Å². The minimum Gasteiger partial charge on any atom is -0.302 e. The molecule has 1 nitrogen and oxygen atoms in total. The van der Waals surface area contributed by atoms with E-state index in [9.17, 15) is 0 Å². The maximum atomic E-state index is 3.67. The second kappa shape index (κ2) is 4.52. The van der Waals surface area contributed by atoms with Crippen molar-refractivity contribution in [2.45, 2.75) is 39.0 Å². The summed E-state index contributed by atoms with van der Waals surface area (Å²) in [4.78, 5) is 2.71. The van der Waals surface area contributed by atoms with Crippen LogP contribution in [0.15, 0.2) is 0 Å². The molecule has 0 atom stereocenters. The number of halogens is 1. The molecule has 2 rings (SSSR count). The lowest BCUT2D eigenvalue weighted by molar-refractivity contribution is 0.222. The number of rotatable bonds is 7. The summed E-state index contributed by atoms with van der Waals surface area (Å²) < 4.78 is 0. The molecule has 0 spiro atoms. The molecule has 2 aliphatic rings. The summed E-state index contributed by atoms with van der Waals surface area (Å²) in [6.45, 7) is 6.34. The van der Waals surface area contributed by atoms with Gasteiger partial charge >= 0.3 is 0 Å². The molecule has 2 heteroatoms. The average molecular weight is 260 g/mol. The molecule has 0 heterocycles. The molecular weight excluding hydrogens is 238 g/mol. The Morgan fingerprint density at radius 2 is 2.07 bits per heavy atom. The van der Waals surface area contributed by atoms with Crippen LogP contribution in [-0.2, 0) is 0 Å². The Balaban J connectivity index is 1.76. The maximum absolute atomic E-state index is 3.67. The van der Waals surface area contributed by atoms with Crippen LogP contribution in [0.3, 0.4) is 0 Å². The van der Waals surface area contributed by atoms with Gasteiger partial charge in [-0.3, -0.25) is 0 Å². The normalized spacial score (nSPS) is 24.2. The summed E-state index contributed by atoms with van der Waals surface area (Å²) in [7, 11) is 0. The van der Waals surface area contributed by atoms with Crippen LogP contribution >= 0.6 is 15.9 Å². The van der Waals surface area contributed by atoms with Gasteiger partial charge in [-0.15, -0.1) is 0 Å². The van der Waals surface area contributed by atoms with Gasteiger partial charge in [0.05, 0.1) is 0 Å². The van der Waals surface area contributed by atoms with Crippen molar-refractivity contribution < 1.29 is 0 Å². The lowest BCUT2D eigenvalue weighted by atomic mass is 10.1. The molecule has 0 aromatic heterocycles. The third-order valence-corrected chi connectivity index (χ3v) is 4.74. The van der Waals surface area contributed by atoms with Crippen LogP contribution in [0.25, 0.3) is 0 Å². The molecule has 14 heavy (non-hydrogen) atoms. The highest BCUT2D eigenvalue weighted by Crippen LogP contribution is 2.48. The molecule has 0 aromatic carbocycles. The Morgan fingerprint density at radius 1 is 1.36 bits per heavy atom. The summed E-state index contributed by atoms with van der Waals surface area (Å²) in [5.41, 5.74) is 0.671. The molecule has 0 amide bonds. The fraction of sp³-hybridized carbons (Fsp3) is 1.00. The minimum atomic E-state index is 0.671. The highest BCUT2D eigenvalue weighted by molar-refractivity contribution is 9.09. The van der Waals surface area contributed by atoms with Gasteiger partial charge in [0.15, 0.2) is 0 Å². The quantitative estimate of drug-likeness (QED) is 0.635. The minimum absolute atomic E-state index is 0.671. The summed E-state index contributed by atoms with van der Waals surface area (Å²) >= 11 is 3.67. The van der Waals surface area contributed by atoms with Crippen LogP contribution in [0.2, 0.25) is 0 Å². The van der Waals surface area contributed by atoms with Crippen LogP contribution < -0.4 is 0 Å². The van der Waals surface area contributed by atoms with Gasteiger partial charge in [-0.05, 0) is 50.0 Å². The highest BCUT2D eigenvalue weighted by Gasteiger charge is 2.43. The van der Waals surface area contributed by atoms with E-state index in [4.69, 9.17) is 0 Å². The first-order valence-corrected chi connectivity index (χ1v) is 7.18. The van der Waals surface area contributed by atoms with E-state index in [0.29, 0.717) is 5.41 Å². The molecular formula is C12H22BrN. The predicted molar refractivity (Wildman–Crippen MR) is 64.9 cm³/mol. The number of nitrogens with zero attached hydrogens (tertiary/aromatic N) is 1. The molecule has 0 radical (unpaired) electrons. The summed E-state index contributed by atoms with van der Waals surface area (Å²) in [6.07, 6.45) is 7.18. The van der Waals surface area contributed by atoms with Gasteiger partial charge in [0, 0.05) is 18.4 Å². The molecule has 0 aromatic rings. The predicted octanol–water partition coefficient (Wildman–Crippen LogP) is 3.28. The van der Waals surface area contributed by atoms with Crippen molar-refractivity contribution >= 4 is 15.9 Å². The van der Waals surface area contributed by atoms with Gasteiger partial charge in [-0.2, -0.15) is 0 Å².